The maximum atomic E-state index is 13.9. The molecule has 2 fully saturated rings. The summed E-state index contributed by atoms with van der Waals surface area (Å²) in [4.78, 5) is 30.2. The molecule has 42 heavy (non-hydrogen) atoms. The maximum Gasteiger partial charge on any atom is 0.247 e. The van der Waals surface area contributed by atoms with E-state index in [0.29, 0.717) is 48.2 Å². The summed E-state index contributed by atoms with van der Waals surface area (Å²) in [5.41, 5.74) is 1.10. The van der Waals surface area contributed by atoms with Crippen LogP contribution in [0.15, 0.2) is 42.5 Å². The number of aromatic nitrogens is 4. The Morgan fingerprint density at radius 1 is 1.05 bits per heavy atom. The molecule has 1 N–H and O–H groups in total. The Morgan fingerprint density at radius 2 is 1.76 bits per heavy atom. The van der Waals surface area contributed by atoms with Crippen molar-refractivity contribution in [1.82, 2.24) is 30.4 Å². The molecule has 0 saturated carbocycles. The summed E-state index contributed by atoms with van der Waals surface area (Å²) in [6, 6.07) is 9.77. The van der Waals surface area contributed by atoms with Gasteiger partial charge in [0, 0.05) is 31.9 Å². The van der Waals surface area contributed by atoms with Crippen LogP contribution < -0.4 is 14.8 Å². The van der Waals surface area contributed by atoms with Gasteiger partial charge in [0.1, 0.15) is 18.4 Å². The van der Waals surface area contributed by atoms with Crippen molar-refractivity contribution in [3.05, 3.63) is 53.8 Å². The number of carbonyl (C=O) groups excluding carboxylic acids is 2. The highest BCUT2D eigenvalue weighted by molar-refractivity contribution is 5.88. The lowest BCUT2D eigenvalue weighted by Crippen LogP contribution is -2.48. The number of hydrogen-bond acceptors (Lipinski definition) is 9. The Hall–Kier alpha value is -4.10. The van der Waals surface area contributed by atoms with E-state index in [2.05, 4.69) is 20.7 Å². The topological polar surface area (TPSA) is 130 Å². The molecule has 2 amide bonds. The molecule has 5 rings (SSSR count). The van der Waals surface area contributed by atoms with E-state index in [0.717, 1.165) is 25.7 Å². The van der Waals surface area contributed by atoms with Crippen LogP contribution in [-0.2, 0) is 25.6 Å². The number of halogens is 1. The van der Waals surface area contributed by atoms with Gasteiger partial charge in [-0.2, -0.15) is 4.80 Å². The second-order valence-electron chi connectivity index (χ2n) is 10.2. The second-order valence-corrected chi connectivity index (χ2v) is 10.2. The normalized spacial score (nSPS) is 18.9. The summed E-state index contributed by atoms with van der Waals surface area (Å²) in [7, 11) is 3.07. The van der Waals surface area contributed by atoms with Crippen LogP contribution in [0.3, 0.4) is 0 Å². The highest BCUT2D eigenvalue weighted by Gasteiger charge is 2.35. The van der Waals surface area contributed by atoms with Gasteiger partial charge in [-0.25, -0.2) is 4.39 Å². The number of benzene rings is 2. The van der Waals surface area contributed by atoms with Crippen molar-refractivity contribution in [1.29, 1.82) is 0 Å². The van der Waals surface area contributed by atoms with Gasteiger partial charge in [0.15, 0.2) is 11.5 Å². The molecule has 0 radical (unpaired) electrons. The Labute approximate surface area is 243 Å². The van der Waals surface area contributed by atoms with E-state index in [1.165, 1.54) is 41.1 Å². The minimum absolute atomic E-state index is 0.0838. The zero-order chi connectivity index (χ0) is 29.5. The molecular formula is C29H35FN6O6. The molecule has 0 aliphatic carbocycles. The molecule has 3 aromatic rings. The number of amides is 2. The molecule has 0 spiro atoms. The lowest BCUT2D eigenvalue weighted by atomic mass is 10.0. The number of nitrogens with zero attached hydrogens (tertiary/aromatic N) is 5. The Morgan fingerprint density at radius 3 is 2.43 bits per heavy atom. The van der Waals surface area contributed by atoms with E-state index in [-0.39, 0.29) is 31.2 Å². The second kappa shape index (κ2) is 13.7. The highest BCUT2D eigenvalue weighted by Crippen LogP contribution is 2.31. The van der Waals surface area contributed by atoms with Crippen LogP contribution in [0.25, 0.3) is 11.4 Å². The molecule has 2 aliphatic heterocycles. The van der Waals surface area contributed by atoms with Gasteiger partial charge >= 0.3 is 0 Å². The van der Waals surface area contributed by atoms with Gasteiger partial charge in [-0.05, 0) is 66.8 Å². The first-order chi connectivity index (χ1) is 20.4. The monoisotopic (exact) mass is 582 g/mol. The summed E-state index contributed by atoms with van der Waals surface area (Å²) in [5, 5.41) is 15.5. The van der Waals surface area contributed by atoms with Gasteiger partial charge in [-0.3, -0.25) is 9.59 Å². The molecular weight excluding hydrogens is 547 g/mol. The summed E-state index contributed by atoms with van der Waals surface area (Å²) in [5.74, 6) is 0.103. The summed E-state index contributed by atoms with van der Waals surface area (Å²) in [6.07, 6.45) is 3.07. The minimum atomic E-state index is -1.03. The lowest BCUT2D eigenvalue weighted by Gasteiger charge is -2.33. The van der Waals surface area contributed by atoms with E-state index >= 15 is 0 Å². The van der Waals surface area contributed by atoms with E-state index in [1.807, 2.05) is 0 Å². The standard InChI is InChI=1S/C29H35FN6O6/c1-39-24-12-9-20(15-25(24)40-2)28-32-34-36(33-28)18-26(37)35(17-23-6-4-14-42-23)27(19-7-10-21(30)11-8-19)29(38)31-16-22-5-3-13-41-22/h7-12,15,22-23,27H,3-6,13-14,16-18H2,1-2H3,(H,31,38)/t22-,23+,27-/m0/s1. The predicted molar refractivity (Wildman–Crippen MR) is 148 cm³/mol. The largest absolute Gasteiger partial charge is 0.493 e. The fourth-order valence-corrected chi connectivity index (χ4v) is 5.21. The van der Waals surface area contributed by atoms with Crippen molar-refractivity contribution < 1.29 is 32.9 Å². The maximum absolute atomic E-state index is 13.9. The zero-order valence-corrected chi connectivity index (χ0v) is 23.7. The fourth-order valence-electron chi connectivity index (χ4n) is 5.21. The van der Waals surface area contributed by atoms with Crippen molar-refractivity contribution in [3.63, 3.8) is 0 Å². The van der Waals surface area contributed by atoms with Crippen LogP contribution in [0, 0.1) is 5.82 Å². The highest BCUT2D eigenvalue weighted by atomic mass is 19.1. The first-order valence-electron chi connectivity index (χ1n) is 14.0. The van der Waals surface area contributed by atoms with Crippen molar-refractivity contribution >= 4 is 11.8 Å². The summed E-state index contributed by atoms with van der Waals surface area (Å²) >= 11 is 0. The zero-order valence-electron chi connectivity index (χ0n) is 23.7. The van der Waals surface area contributed by atoms with Crippen LogP contribution in [-0.4, -0.2) is 89.7 Å². The van der Waals surface area contributed by atoms with Gasteiger partial charge in [0.25, 0.3) is 0 Å². The molecule has 1 aromatic heterocycles. The van der Waals surface area contributed by atoms with E-state index in [9.17, 15) is 14.0 Å². The quantitative estimate of drug-likeness (QED) is 0.342. The summed E-state index contributed by atoms with van der Waals surface area (Å²) in [6.45, 7) is 1.45. The molecule has 0 unspecified atom stereocenters. The Balaban J connectivity index is 1.40. The molecule has 224 valence electrons. The van der Waals surface area contributed by atoms with Crippen molar-refractivity contribution in [2.24, 2.45) is 0 Å². The minimum Gasteiger partial charge on any atom is -0.493 e. The van der Waals surface area contributed by atoms with Crippen LogP contribution in [0.1, 0.15) is 37.3 Å². The number of ether oxygens (including phenoxy) is 4. The van der Waals surface area contributed by atoms with E-state index in [1.54, 1.807) is 25.3 Å². The van der Waals surface area contributed by atoms with Crippen LogP contribution in [0.5, 0.6) is 11.5 Å². The van der Waals surface area contributed by atoms with Gasteiger partial charge in [-0.15, -0.1) is 10.2 Å². The smallest absolute Gasteiger partial charge is 0.247 e. The van der Waals surface area contributed by atoms with Crippen LogP contribution in [0.4, 0.5) is 4.39 Å². The van der Waals surface area contributed by atoms with Crippen molar-refractivity contribution in [2.75, 3.05) is 40.5 Å². The van der Waals surface area contributed by atoms with E-state index in [4.69, 9.17) is 18.9 Å². The Bertz CT molecular complexity index is 1360. The molecule has 2 aromatic carbocycles. The first-order valence-corrected chi connectivity index (χ1v) is 14.0. The molecule has 3 heterocycles. The fraction of sp³-hybridized carbons (Fsp3) is 0.483. The molecule has 13 heteroatoms. The Kier molecular flexibility index (Phi) is 9.59. The van der Waals surface area contributed by atoms with Crippen molar-refractivity contribution in [2.45, 2.75) is 50.5 Å². The summed E-state index contributed by atoms with van der Waals surface area (Å²) < 4.78 is 36.0. The van der Waals surface area contributed by atoms with E-state index < -0.39 is 17.8 Å². The third-order valence-corrected chi connectivity index (χ3v) is 7.39. The van der Waals surface area contributed by atoms with Crippen LogP contribution >= 0.6 is 0 Å². The number of hydrogen-bond donors (Lipinski definition) is 1. The number of rotatable bonds is 12. The average molecular weight is 583 g/mol. The number of tetrazole rings is 1. The SMILES string of the molecule is COc1ccc(-c2nnn(CC(=O)N(C[C@H]3CCCO3)[C@H](C(=O)NC[C@@H]3CCCO3)c3ccc(F)cc3)n2)cc1OC. The van der Waals surface area contributed by atoms with Gasteiger partial charge in [0.2, 0.25) is 17.6 Å². The number of carbonyl (C=O) groups is 2. The molecule has 12 nitrogen and oxygen atoms in total. The lowest BCUT2D eigenvalue weighted by molar-refractivity contribution is -0.143. The molecule has 2 saturated heterocycles. The van der Waals surface area contributed by atoms with Gasteiger partial charge in [0.05, 0.1) is 26.4 Å². The third-order valence-electron chi connectivity index (χ3n) is 7.39. The third kappa shape index (κ3) is 7.02. The van der Waals surface area contributed by atoms with Crippen molar-refractivity contribution in [3.8, 4) is 22.9 Å². The first kappa shape index (κ1) is 29.4. The molecule has 3 atom stereocenters. The van der Waals surface area contributed by atoms with Crippen LogP contribution in [0.2, 0.25) is 0 Å². The predicted octanol–water partition coefficient (Wildman–Crippen LogP) is 2.54. The number of methoxy groups -OCH3 is 2. The molecule has 2 aliphatic rings. The van der Waals surface area contributed by atoms with Gasteiger partial charge < -0.3 is 29.2 Å². The van der Waals surface area contributed by atoms with Gasteiger partial charge in [-0.1, -0.05) is 12.1 Å². The molecule has 0 bridgehead atoms. The number of nitrogens with one attached hydrogen (secondary N) is 1. The average Bonchev–Trinajstić information content (AvgIpc) is 3.80.